The molecule has 0 bridgehead atoms. The van der Waals surface area contributed by atoms with Gasteiger partial charge in [0.05, 0.1) is 6.21 Å². The maximum atomic E-state index is 12.0. The van der Waals surface area contributed by atoms with E-state index in [0.29, 0.717) is 5.75 Å². The van der Waals surface area contributed by atoms with Gasteiger partial charge in [-0.05, 0) is 29.2 Å². The van der Waals surface area contributed by atoms with Crippen LogP contribution in [0.5, 0.6) is 5.75 Å². The van der Waals surface area contributed by atoms with Crippen LogP contribution in [0.25, 0.3) is 11.1 Å². The SMILES string of the molecule is CCc1ccc(/C=N/NC(=O)COc2ccccc2-c2ccccc2)cc1. The largest absolute Gasteiger partial charge is 0.483 e. The number of hydrogen-bond acceptors (Lipinski definition) is 3. The van der Waals surface area contributed by atoms with Crippen LogP contribution in [0.4, 0.5) is 0 Å². The van der Waals surface area contributed by atoms with Gasteiger partial charge in [-0.1, -0.05) is 79.7 Å². The van der Waals surface area contributed by atoms with Crippen molar-refractivity contribution in [3.63, 3.8) is 0 Å². The Labute approximate surface area is 159 Å². The molecule has 0 aliphatic rings. The maximum absolute atomic E-state index is 12.0. The van der Waals surface area contributed by atoms with Crippen molar-refractivity contribution in [1.82, 2.24) is 5.43 Å². The van der Waals surface area contributed by atoms with Crippen molar-refractivity contribution < 1.29 is 9.53 Å². The fourth-order valence-electron chi connectivity index (χ4n) is 2.64. The van der Waals surface area contributed by atoms with E-state index in [9.17, 15) is 4.79 Å². The van der Waals surface area contributed by atoms with Crippen molar-refractivity contribution in [1.29, 1.82) is 0 Å². The van der Waals surface area contributed by atoms with Gasteiger partial charge < -0.3 is 4.74 Å². The van der Waals surface area contributed by atoms with E-state index in [1.54, 1.807) is 6.21 Å². The summed E-state index contributed by atoms with van der Waals surface area (Å²) < 4.78 is 5.70. The third-order valence-electron chi connectivity index (χ3n) is 4.12. The molecule has 3 aromatic carbocycles. The summed E-state index contributed by atoms with van der Waals surface area (Å²) in [7, 11) is 0. The Morgan fingerprint density at radius 1 is 0.963 bits per heavy atom. The highest BCUT2D eigenvalue weighted by Crippen LogP contribution is 2.29. The quantitative estimate of drug-likeness (QED) is 0.501. The van der Waals surface area contributed by atoms with Crippen LogP contribution in [0.2, 0.25) is 0 Å². The van der Waals surface area contributed by atoms with E-state index in [1.807, 2.05) is 78.9 Å². The number of nitrogens with zero attached hydrogens (tertiary/aromatic N) is 1. The Bertz CT molecular complexity index is 903. The third-order valence-corrected chi connectivity index (χ3v) is 4.12. The normalized spacial score (nSPS) is 10.7. The molecule has 0 aliphatic heterocycles. The summed E-state index contributed by atoms with van der Waals surface area (Å²) in [6, 6.07) is 25.6. The van der Waals surface area contributed by atoms with Crippen LogP contribution in [0.15, 0.2) is 84.0 Å². The summed E-state index contributed by atoms with van der Waals surface area (Å²) in [5, 5.41) is 3.99. The highest BCUT2D eigenvalue weighted by Gasteiger charge is 2.07. The van der Waals surface area contributed by atoms with E-state index in [2.05, 4.69) is 17.5 Å². The van der Waals surface area contributed by atoms with Crippen molar-refractivity contribution in [2.75, 3.05) is 6.61 Å². The lowest BCUT2D eigenvalue weighted by Gasteiger charge is -2.10. The molecule has 0 radical (unpaired) electrons. The lowest BCUT2D eigenvalue weighted by molar-refractivity contribution is -0.123. The van der Waals surface area contributed by atoms with Crippen molar-refractivity contribution in [3.05, 3.63) is 90.0 Å². The first-order chi connectivity index (χ1) is 13.3. The fourth-order valence-corrected chi connectivity index (χ4v) is 2.64. The second-order valence-electron chi connectivity index (χ2n) is 6.04. The first-order valence-electron chi connectivity index (χ1n) is 8.94. The third kappa shape index (κ3) is 5.28. The Morgan fingerprint density at radius 2 is 1.67 bits per heavy atom. The Kier molecular flexibility index (Phi) is 6.36. The van der Waals surface area contributed by atoms with Crippen molar-refractivity contribution >= 4 is 12.1 Å². The zero-order chi connectivity index (χ0) is 18.9. The average Bonchev–Trinajstić information content (AvgIpc) is 2.73. The predicted octanol–water partition coefficient (Wildman–Crippen LogP) is 4.45. The van der Waals surface area contributed by atoms with Crippen molar-refractivity contribution in [3.8, 4) is 16.9 Å². The van der Waals surface area contributed by atoms with Crippen LogP contribution in [-0.4, -0.2) is 18.7 Å². The van der Waals surface area contributed by atoms with Gasteiger partial charge in [-0.2, -0.15) is 5.10 Å². The molecule has 3 rings (SSSR count). The summed E-state index contributed by atoms with van der Waals surface area (Å²) in [6.07, 6.45) is 2.62. The summed E-state index contributed by atoms with van der Waals surface area (Å²) in [6.45, 7) is 2.01. The molecule has 27 heavy (non-hydrogen) atoms. The lowest BCUT2D eigenvalue weighted by Crippen LogP contribution is -2.24. The van der Waals surface area contributed by atoms with Gasteiger partial charge in [0.25, 0.3) is 5.91 Å². The van der Waals surface area contributed by atoms with Gasteiger partial charge in [-0.25, -0.2) is 5.43 Å². The maximum Gasteiger partial charge on any atom is 0.277 e. The van der Waals surface area contributed by atoms with Crippen molar-refractivity contribution in [2.45, 2.75) is 13.3 Å². The van der Waals surface area contributed by atoms with Crippen molar-refractivity contribution in [2.24, 2.45) is 5.10 Å². The first kappa shape index (κ1) is 18.4. The average molecular weight is 358 g/mol. The molecule has 136 valence electrons. The molecule has 4 nitrogen and oxygen atoms in total. The lowest BCUT2D eigenvalue weighted by atomic mass is 10.1. The number of carbonyl (C=O) groups excluding carboxylic acids is 1. The van der Waals surface area contributed by atoms with E-state index in [1.165, 1.54) is 5.56 Å². The number of carbonyl (C=O) groups is 1. The van der Waals surface area contributed by atoms with E-state index in [-0.39, 0.29) is 12.5 Å². The molecule has 1 N–H and O–H groups in total. The molecule has 0 saturated heterocycles. The van der Waals surface area contributed by atoms with Crippen LogP contribution in [-0.2, 0) is 11.2 Å². The van der Waals surface area contributed by atoms with E-state index < -0.39 is 0 Å². The Balaban J connectivity index is 1.56. The predicted molar refractivity (Wildman–Crippen MR) is 109 cm³/mol. The number of hydrazone groups is 1. The number of para-hydroxylation sites is 1. The zero-order valence-electron chi connectivity index (χ0n) is 15.3. The van der Waals surface area contributed by atoms with E-state index in [4.69, 9.17) is 4.74 Å². The molecule has 0 saturated carbocycles. The molecule has 1 amide bonds. The molecule has 4 heteroatoms. The number of hydrogen-bond donors (Lipinski definition) is 1. The number of aryl methyl sites for hydroxylation is 1. The minimum absolute atomic E-state index is 0.101. The number of benzene rings is 3. The number of ether oxygens (including phenoxy) is 1. The molecule has 0 heterocycles. The molecule has 0 fully saturated rings. The molecule has 3 aromatic rings. The van der Waals surface area contributed by atoms with Crippen LogP contribution in [0, 0.1) is 0 Å². The second-order valence-corrected chi connectivity index (χ2v) is 6.04. The molecule has 0 aliphatic carbocycles. The standard InChI is InChI=1S/C23H22N2O2/c1-2-18-12-14-19(15-13-18)16-24-25-23(26)17-27-22-11-7-6-10-21(22)20-8-4-3-5-9-20/h3-16H,2,17H2,1H3,(H,25,26)/b24-16+. The summed E-state index contributed by atoms with van der Waals surface area (Å²) in [4.78, 5) is 12.0. The van der Waals surface area contributed by atoms with Crippen LogP contribution < -0.4 is 10.2 Å². The molecule has 0 aromatic heterocycles. The van der Waals surface area contributed by atoms with Gasteiger partial charge in [-0.3, -0.25) is 4.79 Å². The summed E-state index contributed by atoms with van der Waals surface area (Å²) in [5.74, 6) is 0.359. The topological polar surface area (TPSA) is 50.7 Å². The minimum Gasteiger partial charge on any atom is -0.483 e. The van der Waals surface area contributed by atoms with Crippen LogP contribution in [0.3, 0.4) is 0 Å². The Hall–Kier alpha value is -3.40. The summed E-state index contributed by atoms with van der Waals surface area (Å²) in [5.41, 5.74) is 6.69. The molecular weight excluding hydrogens is 336 g/mol. The van der Waals surface area contributed by atoms with E-state index in [0.717, 1.165) is 23.1 Å². The van der Waals surface area contributed by atoms with Gasteiger partial charge in [-0.15, -0.1) is 0 Å². The molecule has 0 atom stereocenters. The summed E-state index contributed by atoms with van der Waals surface area (Å²) >= 11 is 0. The van der Waals surface area contributed by atoms with Gasteiger partial charge in [0.1, 0.15) is 5.75 Å². The smallest absolute Gasteiger partial charge is 0.277 e. The van der Waals surface area contributed by atoms with Gasteiger partial charge in [0.2, 0.25) is 0 Å². The van der Waals surface area contributed by atoms with Crippen LogP contribution >= 0.6 is 0 Å². The molecule has 0 unspecified atom stereocenters. The molecular formula is C23H22N2O2. The van der Waals surface area contributed by atoms with Gasteiger partial charge >= 0.3 is 0 Å². The van der Waals surface area contributed by atoms with Gasteiger partial charge in [0, 0.05) is 5.56 Å². The van der Waals surface area contributed by atoms with E-state index >= 15 is 0 Å². The second kappa shape index (κ2) is 9.34. The highest BCUT2D eigenvalue weighted by molar-refractivity contribution is 5.83. The fraction of sp³-hybridized carbons (Fsp3) is 0.130. The minimum atomic E-state index is -0.306. The zero-order valence-corrected chi connectivity index (χ0v) is 15.3. The number of amides is 1. The highest BCUT2D eigenvalue weighted by atomic mass is 16.5. The first-order valence-corrected chi connectivity index (χ1v) is 8.94. The Morgan fingerprint density at radius 3 is 2.41 bits per heavy atom. The number of nitrogens with one attached hydrogen (secondary N) is 1. The molecule has 0 spiro atoms. The van der Waals surface area contributed by atoms with Gasteiger partial charge in [0.15, 0.2) is 6.61 Å². The monoisotopic (exact) mass is 358 g/mol. The number of rotatable bonds is 7. The van der Waals surface area contributed by atoms with Crippen LogP contribution in [0.1, 0.15) is 18.1 Å².